The molecule has 7 nitrogen and oxygen atoms in total. The molecule has 0 fully saturated rings. The number of fused-ring (bicyclic) bond motifs is 2. The number of nitrogens with zero attached hydrogens (tertiary/aromatic N) is 6. The molecule has 0 aliphatic carbocycles. The lowest BCUT2D eigenvalue weighted by Gasteiger charge is -2.02. The second-order valence-electron chi connectivity index (χ2n) is 5.90. The molecule has 4 aromatic heterocycles. The van der Waals surface area contributed by atoms with Gasteiger partial charge < -0.3 is 0 Å². The molecule has 0 aliphatic heterocycles. The fraction of sp³-hybridized carbons (Fsp3) is 0.0556. The van der Waals surface area contributed by atoms with Gasteiger partial charge in [-0.05, 0) is 48.2 Å². The lowest BCUT2D eigenvalue weighted by Crippen LogP contribution is -2.27. The Balaban J connectivity index is 1.55. The predicted molar refractivity (Wildman–Crippen MR) is 97.6 cm³/mol. The molecule has 8 heteroatoms. The van der Waals surface area contributed by atoms with Crippen LogP contribution in [0.15, 0.2) is 71.1 Å². The third-order valence-corrected chi connectivity index (χ3v) is 5.00. The number of H-pyrrole nitrogens is 1. The van der Waals surface area contributed by atoms with E-state index < -0.39 is 0 Å². The fourth-order valence-corrected chi connectivity index (χ4v) is 3.64. The van der Waals surface area contributed by atoms with Gasteiger partial charge in [-0.15, -0.1) is 14.9 Å². The Morgan fingerprint density at radius 3 is 2.96 bits per heavy atom. The van der Waals surface area contributed by atoms with Crippen molar-refractivity contribution in [1.82, 2.24) is 29.9 Å². The second-order valence-corrected chi connectivity index (χ2v) is 6.94. The molecule has 0 bridgehead atoms. The first-order valence-corrected chi connectivity index (χ1v) is 8.87. The van der Waals surface area contributed by atoms with Gasteiger partial charge >= 0.3 is 0 Å². The number of hydrogen-bond donors (Lipinski definition) is 1. The molecule has 0 amide bonds. The molecule has 0 radical (unpaired) electrons. The van der Waals surface area contributed by atoms with Gasteiger partial charge in [-0.2, -0.15) is 14.7 Å². The highest BCUT2D eigenvalue weighted by atomic mass is 32.2. The van der Waals surface area contributed by atoms with E-state index >= 15 is 0 Å². The zero-order valence-corrected chi connectivity index (χ0v) is 14.7. The number of pyridine rings is 1. The minimum Gasteiger partial charge on any atom is -0.256 e. The Morgan fingerprint density at radius 1 is 1.12 bits per heavy atom. The third kappa shape index (κ3) is 2.60. The zero-order chi connectivity index (χ0) is 17.5. The number of aromatic nitrogens is 7. The maximum Gasteiger partial charge on any atom is 0.217 e. The van der Waals surface area contributed by atoms with Crippen LogP contribution in [0.3, 0.4) is 0 Å². The molecular weight excluding hydrogens is 346 g/mol. The largest absolute Gasteiger partial charge is 0.256 e. The number of aryl methyl sites for hydroxylation is 1. The van der Waals surface area contributed by atoms with Crippen LogP contribution < -0.4 is 4.68 Å². The highest BCUT2D eigenvalue weighted by Crippen LogP contribution is 2.29. The molecule has 1 aromatic carbocycles. The summed E-state index contributed by atoms with van der Waals surface area (Å²) in [5.41, 5.74) is 3.57. The Bertz CT molecular complexity index is 1240. The van der Waals surface area contributed by atoms with Crippen LogP contribution >= 0.6 is 11.8 Å². The van der Waals surface area contributed by atoms with Crippen LogP contribution in [-0.4, -0.2) is 29.9 Å². The Kier molecular flexibility index (Phi) is 3.42. The van der Waals surface area contributed by atoms with E-state index in [1.807, 2.05) is 54.5 Å². The van der Waals surface area contributed by atoms with Gasteiger partial charge in [0.15, 0.2) is 12.7 Å². The second kappa shape index (κ2) is 5.92. The molecule has 126 valence electrons. The summed E-state index contributed by atoms with van der Waals surface area (Å²) in [7, 11) is 1.94. The average molecular weight is 360 g/mol. The van der Waals surface area contributed by atoms with Gasteiger partial charge in [0.05, 0.1) is 23.0 Å². The standard InChI is InChI=1S/C18H13N7S/c1-24-11-13(10-20-24)16-6-7-17-21-22-18(25(17)23-16)26-14-4-5-15-12(9-14)3-2-8-19-15/h2-11H,1H3/p+1. The Hall–Kier alpha value is -3.26. The van der Waals surface area contributed by atoms with Gasteiger partial charge in [0.25, 0.3) is 0 Å². The molecule has 4 heterocycles. The van der Waals surface area contributed by atoms with E-state index in [1.165, 1.54) is 11.8 Å². The van der Waals surface area contributed by atoms with Gasteiger partial charge in [0.1, 0.15) is 0 Å². The third-order valence-electron chi connectivity index (χ3n) is 4.07. The summed E-state index contributed by atoms with van der Waals surface area (Å²) in [4.78, 5) is 5.43. The molecule has 0 spiro atoms. The van der Waals surface area contributed by atoms with Crippen molar-refractivity contribution in [3.8, 4) is 11.3 Å². The summed E-state index contributed by atoms with van der Waals surface area (Å²) in [5.74, 6) is 0. The summed E-state index contributed by atoms with van der Waals surface area (Å²) in [5, 5.41) is 18.1. The van der Waals surface area contributed by atoms with E-state index in [0.29, 0.717) is 0 Å². The Labute approximate surface area is 152 Å². The average Bonchev–Trinajstić information content (AvgIpc) is 3.28. The van der Waals surface area contributed by atoms with E-state index in [1.54, 1.807) is 10.7 Å². The van der Waals surface area contributed by atoms with Crippen molar-refractivity contribution in [3.63, 3.8) is 0 Å². The summed E-state index contributed by atoms with van der Waals surface area (Å²) in [6, 6.07) is 14.0. The number of nitrogens with one attached hydrogen (secondary N) is 1. The summed E-state index contributed by atoms with van der Waals surface area (Å²) in [6.07, 6.45) is 5.71. The smallest absolute Gasteiger partial charge is 0.217 e. The van der Waals surface area contributed by atoms with E-state index in [-0.39, 0.29) is 0 Å². The number of hydrogen-bond acceptors (Lipinski definition) is 5. The summed E-state index contributed by atoms with van der Waals surface area (Å²) >= 11 is 1.53. The van der Waals surface area contributed by atoms with Crippen LogP contribution in [0.1, 0.15) is 0 Å². The number of aromatic amines is 1. The highest BCUT2D eigenvalue weighted by molar-refractivity contribution is 7.99. The molecule has 0 atom stereocenters. The Morgan fingerprint density at radius 2 is 2.08 bits per heavy atom. The molecular formula is C18H14N7S+. The first-order chi connectivity index (χ1) is 12.8. The molecule has 0 saturated carbocycles. The summed E-state index contributed by atoms with van der Waals surface area (Å²) in [6.45, 7) is 0. The SMILES string of the molecule is C[n+]1cc(-c2ccc3nnc(Sc4ccc5ncccc5c4)n3n2)c[nH]1. The van der Waals surface area contributed by atoms with Crippen LogP contribution in [0.4, 0.5) is 0 Å². The minimum absolute atomic E-state index is 0.721. The first kappa shape index (κ1) is 15.0. The monoisotopic (exact) mass is 360 g/mol. The van der Waals surface area contributed by atoms with E-state index in [9.17, 15) is 0 Å². The lowest BCUT2D eigenvalue weighted by molar-refractivity contribution is -0.726. The maximum atomic E-state index is 4.70. The topological polar surface area (TPSA) is 75.6 Å². The van der Waals surface area contributed by atoms with Crippen molar-refractivity contribution < 1.29 is 4.68 Å². The molecule has 0 unspecified atom stereocenters. The molecule has 26 heavy (non-hydrogen) atoms. The molecule has 0 aliphatic rings. The maximum absolute atomic E-state index is 4.70. The van der Waals surface area contributed by atoms with Crippen molar-refractivity contribution in [2.75, 3.05) is 0 Å². The molecule has 1 N–H and O–H groups in total. The molecule has 5 rings (SSSR count). The van der Waals surface area contributed by atoms with Crippen molar-refractivity contribution in [3.05, 3.63) is 61.1 Å². The van der Waals surface area contributed by atoms with Crippen molar-refractivity contribution in [2.24, 2.45) is 7.05 Å². The highest BCUT2D eigenvalue weighted by Gasteiger charge is 2.12. The van der Waals surface area contributed by atoms with E-state index in [4.69, 9.17) is 5.10 Å². The van der Waals surface area contributed by atoms with Crippen LogP contribution in [0.2, 0.25) is 0 Å². The normalized spacial score (nSPS) is 11.4. The zero-order valence-electron chi connectivity index (χ0n) is 13.9. The van der Waals surface area contributed by atoms with Gasteiger partial charge in [0.2, 0.25) is 11.4 Å². The quantitative estimate of drug-likeness (QED) is 0.501. The number of rotatable bonds is 3. The van der Waals surface area contributed by atoms with E-state index in [2.05, 4.69) is 32.4 Å². The fourth-order valence-electron chi connectivity index (χ4n) is 2.80. The predicted octanol–water partition coefficient (Wildman–Crippen LogP) is 2.64. The van der Waals surface area contributed by atoms with E-state index in [0.717, 1.165) is 37.9 Å². The minimum atomic E-state index is 0.721. The first-order valence-electron chi connectivity index (χ1n) is 8.06. The molecule has 0 saturated heterocycles. The molecule has 5 aromatic rings. The van der Waals surface area contributed by atoms with Crippen molar-refractivity contribution in [2.45, 2.75) is 10.1 Å². The van der Waals surface area contributed by atoms with Gasteiger partial charge in [-0.3, -0.25) is 4.98 Å². The van der Waals surface area contributed by atoms with Crippen molar-refractivity contribution in [1.29, 1.82) is 0 Å². The number of benzene rings is 1. The van der Waals surface area contributed by atoms with Crippen LogP contribution in [0.5, 0.6) is 0 Å². The lowest BCUT2D eigenvalue weighted by atomic mass is 10.2. The van der Waals surface area contributed by atoms with Crippen LogP contribution in [0.25, 0.3) is 27.8 Å². The van der Waals surface area contributed by atoms with Gasteiger partial charge in [-0.1, -0.05) is 6.07 Å². The van der Waals surface area contributed by atoms with Crippen molar-refractivity contribution >= 4 is 28.3 Å². The summed E-state index contributed by atoms with van der Waals surface area (Å²) < 4.78 is 3.66. The van der Waals surface area contributed by atoms with Crippen LogP contribution in [0, 0.1) is 0 Å². The van der Waals surface area contributed by atoms with Gasteiger partial charge in [-0.25, -0.2) is 0 Å². The van der Waals surface area contributed by atoms with Crippen LogP contribution in [-0.2, 0) is 7.05 Å². The van der Waals surface area contributed by atoms with Gasteiger partial charge in [0, 0.05) is 16.5 Å².